The van der Waals surface area contributed by atoms with Gasteiger partial charge >= 0.3 is 24.8 Å². The second-order valence-corrected chi connectivity index (χ2v) is 5.26. The van der Waals surface area contributed by atoms with Crippen LogP contribution in [-0.4, -0.2) is 29.3 Å². The number of carboxylic acid groups (broad SMARTS) is 1. The number of carboxylic acids is 1. The number of aliphatic carboxylic acids is 1. The molecular formula is C15H21LiO5. The van der Waals surface area contributed by atoms with Crippen LogP contribution < -0.4 is 28.3 Å². The predicted molar refractivity (Wildman–Crippen MR) is 76.6 cm³/mol. The molecular weight excluding hydrogens is 267 g/mol. The van der Waals surface area contributed by atoms with E-state index in [9.17, 15) is 4.79 Å². The van der Waals surface area contributed by atoms with Gasteiger partial charge in [-0.1, -0.05) is 6.07 Å². The summed E-state index contributed by atoms with van der Waals surface area (Å²) in [6.07, 6.45) is 1.59. The van der Waals surface area contributed by atoms with Gasteiger partial charge in [-0.2, -0.15) is 0 Å². The van der Waals surface area contributed by atoms with Crippen LogP contribution >= 0.6 is 0 Å². The molecule has 1 aromatic rings. The maximum Gasteiger partial charge on any atom is 1.00 e. The first-order chi connectivity index (χ1) is 8.73. The Kier molecular flexibility index (Phi) is 9.15. The van der Waals surface area contributed by atoms with E-state index in [1.165, 1.54) is 0 Å². The first-order valence-electron chi connectivity index (χ1n) is 6.01. The Balaban J connectivity index is 0. The molecule has 0 aliphatic carbocycles. The average Bonchev–Trinajstić information content (AvgIpc) is 2.27. The van der Waals surface area contributed by atoms with Crippen molar-refractivity contribution in [2.24, 2.45) is 0 Å². The third-order valence-corrected chi connectivity index (χ3v) is 2.32. The quantitative estimate of drug-likeness (QED) is 0.631. The molecule has 0 fully saturated rings. The van der Waals surface area contributed by atoms with Gasteiger partial charge in [0.15, 0.2) is 11.5 Å². The van der Waals surface area contributed by atoms with Crippen LogP contribution in [0.2, 0.25) is 0 Å². The van der Waals surface area contributed by atoms with Crippen LogP contribution in [0.1, 0.15) is 33.3 Å². The maximum absolute atomic E-state index is 10.8. The summed E-state index contributed by atoms with van der Waals surface area (Å²) < 4.78 is 11.0. The van der Waals surface area contributed by atoms with Gasteiger partial charge < -0.3 is 20.1 Å². The van der Waals surface area contributed by atoms with Crippen molar-refractivity contribution in [3.63, 3.8) is 0 Å². The summed E-state index contributed by atoms with van der Waals surface area (Å²) in [5.41, 5.74) is 0.684. The molecule has 0 saturated carbocycles. The summed E-state index contributed by atoms with van der Waals surface area (Å²) in [6.45, 7) is 7.38. The van der Waals surface area contributed by atoms with Crippen molar-refractivity contribution >= 4 is 12.0 Å². The van der Waals surface area contributed by atoms with Crippen LogP contribution in [0.5, 0.6) is 11.5 Å². The molecule has 0 unspecified atom stereocenters. The minimum atomic E-state index is -0.936. The van der Waals surface area contributed by atoms with Gasteiger partial charge in [-0.3, -0.25) is 0 Å². The molecule has 0 saturated heterocycles. The smallest absolute Gasteiger partial charge is 0.870 e. The van der Waals surface area contributed by atoms with Gasteiger partial charge in [-0.05, 0) is 51.5 Å². The second-order valence-electron chi connectivity index (χ2n) is 5.26. The third kappa shape index (κ3) is 7.23. The fourth-order valence-electron chi connectivity index (χ4n) is 1.50. The van der Waals surface area contributed by atoms with Crippen molar-refractivity contribution in [2.45, 2.75) is 33.3 Å². The van der Waals surface area contributed by atoms with Crippen LogP contribution in [0.15, 0.2) is 23.8 Å². The van der Waals surface area contributed by atoms with Crippen LogP contribution in [-0.2, 0) is 4.79 Å². The molecule has 0 bridgehead atoms. The Morgan fingerprint density at radius 3 is 2.24 bits per heavy atom. The Morgan fingerprint density at radius 1 is 1.24 bits per heavy atom. The van der Waals surface area contributed by atoms with E-state index in [1.807, 2.05) is 20.8 Å². The van der Waals surface area contributed by atoms with E-state index in [0.29, 0.717) is 11.5 Å². The van der Waals surface area contributed by atoms with E-state index in [0.717, 1.165) is 5.56 Å². The summed E-state index contributed by atoms with van der Waals surface area (Å²) in [5, 5.41) is 8.88. The molecule has 6 heteroatoms. The minimum absolute atomic E-state index is 0. The number of hydrogen-bond donors (Lipinski definition) is 1. The monoisotopic (exact) mass is 288 g/mol. The number of benzene rings is 1. The van der Waals surface area contributed by atoms with Crippen molar-refractivity contribution < 1.29 is 43.7 Å². The molecule has 1 aromatic carbocycles. The zero-order valence-corrected chi connectivity index (χ0v) is 13.4. The van der Waals surface area contributed by atoms with Crippen LogP contribution in [0.3, 0.4) is 0 Å². The Morgan fingerprint density at radius 2 is 1.81 bits per heavy atom. The van der Waals surface area contributed by atoms with E-state index in [2.05, 4.69) is 0 Å². The molecule has 0 atom stereocenters. The summed E-state index contributed by atoms with van der Waals surface area (Å²) in [7, 11) is 1.57. The second kappa shape index (κ2) is 8.78. The molecule has 1 rings (SSSR count). The van der Waals surface area contributed by atoms with Crippen molar-refractivity contribution in [2.75, 3.05) is 7.11 Å². The summed E-state index contributed by atoms with van der Waals surface area (Å²) >= 11 is 0. The molecule has 0 spiro atoms. The van der Waals surface area contributed by atoms with E-state index in [1.54, 1.807) is 38.3 Å². The molecule has 0 aromatic heterocycles. The van der Waals surface area contributed by atoms with E-state index >= 15 is 0 Å². The average molecular weight is 288 g/mol. The number of ether oxygens (including phenoxy) is 2. The molecule has 0 aliphatic heterocycles. The topological polar surface area (TPSA) is 85.8 Å². The first-order valence-corrected chi connectivity index (χ1v) is 6.01. The molecule has 5 nitrogen and oxygen atoms in total. The fourth-order valence-corrected chi connectivity index (χ4v) is 1.50. The minimum Gasteiger partial charge on any atom is -0.870 e. The standard InChI is InChI=1S/C15H20O4.Li.H2O/c1-10(14(16)17)8-11-6-7-12(18-5)13(9-11)19-15(2,3)4;;/h6-9H,1-5H3,(H,16,17);;1H2/q;+1;/p-1/b10-8+;;. The molecule has 112 valence electrons. The molecule has 0 radical (unpaired) electrons. The normalized spacial score (nSPS) is 11.0. The van der Waals surface area contributed by atoms with Gasteiger partial charge in [-0.25, -0.2) is 4.79 Å². The Hall–Kier alpha value is -1.41. The van der Waals surface area contributed by atoms with E-state index in [4.69, 9.17) is 14.6 Å². The van der Waals surface area contributed by atoms with Gasteiger partial charge in [0.05, 0.1) is 7.11 Å². The van der Waals surface area contributed by atoms with Gasteiger partial charge in [0.25, 0.3) is 0 Å². The molecule has 0 amide bonds. The number of rotatable bonds is 4. The number of methoxy groups -OCH3 is 1. The molecule has 0 heterocycles. The van der Waals surface area contributed by atoms with Crippen molar-refractivity contribution in [1.82, 2.24) is 0 Å². The van der Waals surface area contributed by atoms with Gasteiger partial charge in [0.2, 0.25) is 0 Å². The van der Waals surface area contributed by atoms with Crippen LogP contribution in [0, 0.1) is 0 Å². The Bertz CT molecular complexity index is 503. The van der Waals surface area contributed by atoms with Crippen molar-refractivity contribution in [3.05, 3.63) is 29.3 Å². The SMILES string of the molecule is COc1ccc(/C=C(\C)C(=O)O)cc1OC(C)(C)C.[Li+].[OH-]. The maximum atomic E-state index is 10.8. The fraction of sp³-hybridized carbons (Fsp3) is 0.400. The predicted octanol–water partition coefficient (Wildman–Crippen LogP) is 0.188. The van der Waals surface area contributed by atoms with Crippen LogP contribution in [0.25, 0.3) is 6.08 Å². The number of carbonyl (C=O) groups is 1. The summed E-state index contributed by atoms with van der Waals surface area (Å²) in [6, 6.07) is 5.33. The zero-order valence-electron chi connectivity index (χ0n) is 13.4. The van der Waals surface area contributed by atoms with E-state index in [-0.39, 0.29) is 35.5 Å². The van der Waals surface area contributed by atoms with E-state index < -0.39 is 5.97 Å². The molecule has 0 aliphatic rings. The molecule has 2 N–H and O–H groups in total. The van der Waals surface area contributed by atoms with Crippen molar-refractivity contribution in [1.29, 1.82) is 0 Å². The molecule has 21 heavy (non-hydrogen) atoms. The number of hydrogen-bond acceptors (Lipinski definition) is 4. The Labute approximate surface area is 137 Å². The summed E-state index contributed by atoms with van der Waals surface area (Å²) in [5.74, 6) is 0.288. The van der Waals surface area contributed by atoms with Crippen molar-refractivity contribution in [3.8, 4) is 11.5 Å². The van der Waals surface area contributed by atoms with Crippen LogP contribution in [0.4, 0.5) is 0 Å². The van der Waals surface area contributed by atoms with Gasteiger partial charge in [0, 0.05) is 5.57 Å². The largest absolute Gasteiger partial charge is 1.00 e. The third-order valence-electron chi connectivity index (χ3n) is 2.32. The van der Waals surface area contributed by atoms with Gasteiger partial charge in [0.1, 0.15) is 5.60 Å². The first kappa shape index (κ1) is 21.9. The summed E-state index contributed by atoms with van der Waals surface area (Å²) in [4.78, 5) is 10.8. The zero-order chi connectivity index (χ0) is 14.6. The van der Waals surface area contributed by atoms with Gasteiger partial charge in [-0.15, -0.1) is 0 Å².